The summed E-state index contributed by atoms with van der Waals surface area (Å²) in [5.41, 5.74) is 6.41. The van der Waals surface area contributed by atoms with Crippen LogP contribution in [0.25, 0.3) is 0 Å². The van der Waals surface area contributed by atoms with Gasteiger partial charge >= 0.3 is 0 Å². The number of nitriles is 1. The topological polar surface area (TPSA) is 84.7 Å². The summed E-state index contributed by atoms with van der Waals surface area (Å²) in [6.45, 7) is 4.70. The summed E-state index contributed by atoms with van der Waals surface area (Å²) in [7, 11) is 0. The van der Waals surface area contributed by atoms with Crippen LogP contribution >= 0.6 is 0 Å². The number of amides is 1. The minimum atomic E-state index is -0.445. The number of nitrogens with zero attached hydrogens (tertiary/aromatic N) is 3. The van der Waals surface area contributed by atoms with Crippen molar-refractivity contribution in [1.29, 1.82) is 5.26 Å². The molecule has 1 heterocycles. The molecular formula is C13H20N4O. The van der Waals surface area contributed by atoms with E-state index in [4.69, 9.17) is 11.0 Å². The first kappa shape index (κ1) is 14.2. The first-order chi connectivity index (χ1) is 8.65. The van der Waals surface area contributed by atoms with E-state index in [0.717, 1.165) is 19.3 Å². The van der Waals surface area contributed by atoms with Crippen molar-refractivity contribution in [3.05, 3.63) is 17.7 Å². The van der Waals surface area contributed by atoms with Crippen molar-refractivity contribution < 1.29 is 4.79 Å². The number of carbonyl (C=O) groups excluding carboxylic acids is 1. The Hall–Kier alpha value is -1.83. The highest BCUT2D eigenvalue weighted by Crippen LogP contribution is 2.24. The Kier molecular flexibility index (Phi) is 5.37. The molecule has 18 heavy (non-hydrogen) atoms. The van der Waals surface area contributed by atoms with E-state index < -0.39 is 11.8 Å². The van der Waals surface area contributed by atoms with Crippen LogP contribution in [0, 0.1) is 11.3 Å². The van der Waals surface area contributed by atoms with Crippen LogP contribution in [-0.4, -0.2) is 15.5 Å². The van der Waals surface area contributed by atoms with E-state index in [1.54, 1.807) is 10.9 Å². The molecule has 5 heteroatoms. The number of hydrogen-bond donors (Lipinski definition) is 1. The second-order valence-corrected chi connectivity index (χ2v) is 4.33. The van der Waals surface area contributed by atoms with Crippen LogP contribution in [0.2, 0.25) is 0 Å². The highest BCUT2D eigenvalue weighted by Gasteiger charge is 2.24. The third kappa shape index (κ3) is 3.10. The van der Waals surface area contributed by atoms with Gasteiger partial charge in [-0.05, 0) is 13.3 Å². The first-order valence-corrected chi connectivity index (χ1v) is 6.40. The van der Waals surface area contributed by atoms with Gasteiger partial charge in [-0.3, -0.25) is 4.79 Å². The number of primary amides is 1. The van der Waals surface area contributed by atoms with Gasteiger partial charge in [0.2, 0.25) is 5.91 Å². The van der Waals surface area contributed by atoms with E-state index in [1.165, 1.54) is 0 Å². The van der Waals surface area contributed by atoms with Crippen molar-refractivity contribution in [1.82, 2.24) is 9.55 Å². The second kappa shape index (κ2) is 6.80. The fourth-order valence-electron chi connectivity index (χ4n) is 2.03. The Labute approximate surface area is 108 Å². The smallest absolute Gasteiger partial charge is 0.226 e. The zero-order valence-corrected chi connectivity index (χ0v) is 11.0. The number of rotatable bonds is 7. The molecule has 0 fully saturated rings. The molecule has 1 rings (SSSR count). The molecule has 0 aromatic carbocycles. The molecule has 1 aromatic heterocycles. The number of imidazole rings is 1. The third-order valence-corrected chi connectivity index (χ3v) is 3.08. The lowest BCUT2D eigenvalue weighted by Gasteiger charge is -2.11. The van der Waals surface area contributed by atoms with Crippen LogP contribution in [-0.2, 0) is 11.3 Å². The van der Waals surface area contributed by atoms with Crippen molar-refractivity contribution in [3.8, 4) is 6.07 Å². The summed E-state index contributed by atoms with van der Waals surface area (Å²) in [6.07, 6.45) is 5.33. The molecule has 0 radical (unpaired) electrons. The second-order valence-electron chi connectivity index (χ2n) is 4.33. The van der Waals surface area contributed by atoms with Crippen LogP contribution in [0.15, 0.2) is 6.33 Å². The predicted octanol–water partition coefficient (Wildman–Crippen LogP) is 1.92. The highest BCUT2D eigenvalue weighted by molar-refractivity contribution is 5.81. The lowest BCUT2D eigenvalue weighted by atomic mass is 9.96. The number of aromatic nitrogens is 2. The zero-order chi connectivity index (χ0) is 13.5. The number of hydrogen-bond acceptors (Lipinski definition) is 3. The minimum absolute atomic E-state index is 0.399. The summed E-state index contributed by atoms with van der Waals surface area (Å²) in [5.74, 6) is -0.844. The van der Waals surface area contributed by atoms with E-state index in [-0.39, 0.29) is 0 Å². The number of nitrogens with two attached hydrogens (primary N) is 1. The van der Waals surface area contributed by atoms with Gasteiger partial charge in [0.25, 0.3) is 0 Å². The van der Waals surface area contributed by atoms with Gasteiger partial charge in [0.05, 0.1) is 17.9 Å². The number of unbranched alkanes of at least 4 members (excludes halogenated alkanes) is 2. The predicted molar refractivity (Wildman–Crippen MR) is 68.7 cm³/mol. The summed E-state index contributed by atoms with van der Waals surface area (Å²) < 4.78 is 1.74. The Morgan fingerprint density at radius 2 is 2.28 bits per heavy atom. The first-order valence-electron chi connectivity index (χ1n) is 6.40. The maximum absolute atomic E-state index is 11.5. The molecule has 0 saturated carbocycles. The van der Waals surface area contributed by atoms with Crippen LogP contribution in [0.4, 0.5) is 0 Å². The lowest BCUT2D eigenvalue weighted by Crippen LogP contribution is -2.22. The van der Waals surface area contributed by atoms with E-state index >= 15 is 0 Å². The minimum Gasteiger partial charge on any atom is -0.369 e. The van der Waals surface area contributed by atoms with Crippen molar-refractivity contribution in [2.45, 2.75) is 52.0 Å². The monoisotopic (exact) mass is 248 g/mol. The SMILES string of the molecule is CCCCCC(C(N)=O)c1ncn(CC)c1C#N. The lowest BCUT2D eigenvalue weighted by molar-refractivity contribution is -0.119. The standard InChI is InChI=1S/C13H20N4O/c1-3-5-6-7-10(13(15)18)12-11(8-14)17(4-2)9-16-12/h9-10H,3-7H2,1-2H3,(H2,15,18). The Morgan fingerprint density at radius 3 is 2.78 bits per heavy atom. The fraction of sp³-hybridized carbons (Fsp3) is 0.615. The van der Waals surface area contributed by atoms with Crippen LogP contribution < -0.4 is 5.73 Å². The van der Waals surface area contributed by atoms with Crippen molar-refractivity contribution in [2.75, 3.05) is 0 Å². The molecule has 1 atom stereocenters. The zero-order valence-electron chi connectivity index (χ0n) is 11.0. The van der Waals surface area contributed by atoms with E-state index in [0.29, 0.717) is 24.4 Å². The molecule has 1 unspecified atom stereocenters. The van der Waals surface area contributed by atoms with Gasteiger partial charge in [-0.25, -0.2) is 4.98 Å². The Morgan fingerprint density at radius 1 is 1.56 bits per heavy atom. The van der Waals surface area contributed by atoms with Crippen LogP contribution in [0.5, 0.6) is 0 Å². The molecule has 5 nitrogen and oxygen atoms in total. The third-order valence-electron chi connectivity index (χ3n) is 3.08. The van der Waals surface area contributed by atoms with Crippen molar-refractivity contribution >= 4 is 5.91 Å². The molecule has 98 valence electrons. The van der Waals surface area contributed by atoms with Gasteiger partial charge in [0, 0.05) is 6.54 Å². The summed E-state index contributed by atoms with van der Waals surface area (Å²) in [4.78, 5) is 15.7. The van der Waals surface area contributed by atoms with E-state index in [2.05, 4.69) is 18.0 Å². The maximum Gasteiger partial charge on any atom is 0.226 e. The van der Waals surface area contributed by atoms with Crippen LogP contribution in [0.1, 0.15) is 56.8 Å². The summed E-state index contributed by atoms with van der Waals surface area (Å²) in [6, 6.07) is 2.11. The molecule has 0 aliphatic rings. The molecular weight excluding hydrogens is 228 g/mol. The molecule has 0 bridgehead atoms. The van der Waals surface area contributed by atoms with Gasteiger partial charge < -0.3 is 10.3 Å². The van der Waals surface area contributed by atoms with E-state index in [1.807, 2.05) is 6.92 Å². The molecule has 2 N–H and O–H groups in total. The van der Waals surface area contributed by atoms with Gasteiger partial charge in [-0.1, -0.05) is 26.2 Å². The Balaban J connectivity index is 2.96. The van der Waals surface area contributed by atoms with Gasteiger partial charge in [0.1, 0.15) is 11.8 Å². The van der Waals surface area contributed by atoms with Crippen molar-refractivity contribution in [2.24, 2.45) is 5.73 Å². The average molecular weight is 248 g/mol. The molecule has 1 amide bonds. The molecule has 0 spiro atoms. The summed E-state index contributed by atoms with van der Waals surface area (Å²) in [5, 5.41) is 9.16. The number of aryl methyl sites for hydroxylation is 1. The molecule has 0 aliphatic heterocycles. The average Bonchev–Trinajstić information content (AvgIpc) is 2.76. The maximum atomic E-state index is 11.5. The normalized spacial score (nSPS) is 12.1. The Bertz CT molecular complexity index is 444. The molecule has 0 aliphatic carbocycles. The van der Waals surface area contributed by atoms with Crippen LogP contribution in [0.3, 0.4) is 0 Å². The van der Waals surface area contributed by atoms with E-state index in [9.17, 15) is 4.79 Å². The van der Waals surface area contributed by atoms with Gasteiger partial charge in [-0.2, -0.15) is 5.26 Å². The van der Waals surface area contributed by atoms with Gasteiger partial charge in [-0.15, -0.1) is 0 Å². The summed E-state index contributed by atoms with van der Waals surface area (Å²) >= 11 is 0. The van der Waals surface area contributed by atoms with Crippen molar-refractivity contribution in [3.63, 3.8) is 0 Å². The number of carbonyl (C=O) groups is 1. The quantitative estimate of drug-likeness (QED) is 0.748. The molecule has 1 aromatic rings. The highest BCUT2D eigenvalue weighted by atomic mass is 16.1. The fourth-order valence-corrected chi connectivity index (χ4v) is 2.03. The molecule has 0 saturated heterocycles. The van der Waals surface area contributed by atoms with Gasteiger partial charge in [0.15, 0.2) is 0 Å². The largest absolute Gasteiger partial charge is 0.369 e.